The number of rotatable bonds is 6. The second-order valence-electron chi connectivity index (χ2n) is 7.90. The third-order valence-corrected chi connectivity index (χ3v) is 6.09. The summed E-state index contributed by atoms with van der Waals surface area (Å²) in [5.41, 5.74) is 1.94. The minimum atomic E-state index is -0.619. The van der Waals surface area contributed by atoms with Gasteiger partial charge in [0.1, 0.15) is 0 Å². The van der Waals surface area contributed by atoms with Gasteiger partial charge in [0.25, 0.3) is 0 Å². The van der Waals surface area contributed by atoms with Gasteiger partial charge in [-0.2, -0.15) is 0 Å². The van der Waals surface area contributed by atoms with Crippen molar-refractivity contribution in [2.45, 2.75) is 50.2 Å². The zero-order valence-electron chi connectivity index (χ0n) is 15.9. The lowest BCUT2D eigenvalue weighted by molar-refractivity contribution is -0.0212. The summed E-state index contributed by atoms with van der Waals surface area (Å²) in [6, 6.07) is 25.6. The monoisotopic (exact) mass is 359 g/mol. The number of nitrogens with one attached hydrogen (secondary N) is 1. The van der Waals surface area contributed by atoms with Crippen molar-refractivity contribution in [3.8, 4) is 0 Å². The van der Waals surface area contributed by atoms with Crippen LogP contribution in [0.3, 0.4) is 0 Å². The molecule has 1 fully saturated rings. The van der Waals surface area contributed by atoms with Crippen LogP contribution in [0.5, 0.6) is 0 Å². The second-order valence-corrected chi connectivity index (χ2v) is 7.90. The largest absolute Gasteiger partial charge is 0.389 e. The number of benzene rings is 3. The van der Waals surface area contributed by atoms with E-state index in [1.807, 2.05) is 6.07 Å². The van der Waals surface area contributed by atoms with Gasteiger partial charge in [-0.25, -0.2) is 0 Å². The molecule has 4 rings (SSSR count). The summed E-state index contributed by atoms with van der Waals surface area (Å²) in [6.45, 7) is 1.62. The van der Waals surface area contributed by atoms with E-state index in [2.05, 4.69) is 72.0 Å². The summed E-state index contributed by atoms with van der Waals surface area (Å²) in [6.07, 6.45) is 5.27. The Labute approximate surface area is 162 Å². The van der Waals surface area contributed by atoms with Crippen LogP contribution in [0.1, 0.15) is 49.1 Å². The highest BCUT2D eigenvalue weighted by molar-refractivity contribution is 5.86. The third-order valence-electron chi connectivity index (χ3n) is 6.09. The minimum Gasteiger partial charge on any atom is -0.389 e. The van der Waals surface area contributed by atoms with Gasteiger partial charge < -0.3 is 10.4 Å². The first-order chi connectivity index (χ1) is 13.3. The van der Waals surface area contributed by atoms with Gasteiger partial charge in [0.15, 0.2) is 0 Å². The number of fused-ring (bicyclic) bond motifs is 1. The Bertz CT molecular complexity index is 862. The predicted molar refractivity (Wildman–Crippen MR) is 113 cm³/mol. The van der Waals surface area contributed by atoms with Crippen LogP contribution in [0.4, 0.5) is 0 Å². The van der Waals surface area contributed by atoms with E-state index in [4.69, 9.17) is 0 Å². The molecule has 0 aliphatic heterocycles. The molecule has 1 saturated carbocycles. The molecular weight excluding hydrogens is 330 g/mol. The van der Waals surface area contributed by atoms with Crippen LogP contribution < -0.4 is 5.32 Å². The standard InChI is InChI=1S/C25H29NO/c27-25(16-7-2-8-17-25)24(19-26-18-20-10-3-1-4-11-20)23-15-9-13-21-12-5-6-14-22(21)23/h1,3-6,9-15,24,26-27H,2,7-8,16-19H2. The van der Waals surface area contributed by atoms with E-state index in [9.17, 15) is 5.11 Å². The molecule has 2 heteroatoms. The predicted octanol–water partition coefficient (Wildman–Crippen LogP) is 5.41. The Morgan fingerprint density at radius 1 is 0.815 bits per heavy atom. The lowest BCUT2D eigenvalue weighted by Gasteiger charge is -2.40. The molecule has 1 atom stereocenters. The Hall–Kier alpha value is -2.16. The van der Waals surface area contributed by atoms with E-state index in [0.29, 0.717) is 0 Å². The van der Waals surface area contributed by atoms with Gasteiger partial charge in [-0.05, 0) is 34.7 Å². The Morgan fingerprint density at radius 3 is 2.33 bits per heavy atom. The van der Waals surface area contributed by atoms with Gasteiger partial charge in [-0.1, -0.05) is 92.1 Å². The highest BCUT2D eigenvalue weighted by Crippen LogP contribution is 2.41. The number of aliphatic hydroxyl groups is 1. The second kappa shape index (κ2) is 8.24. The first kappa shape index (κ1) is 18.2. The van der Waals surface area contributed by atoms with Crippen LogP contribution in [0, 0.1) is 0 Å². The van der Waals surface area contributed by atoms with E-state index in [-0.39, 0.29) is 5.92 Å². The molecule has 1 unspecified atom stereocenters. The van der Waals surface area contributed by atoms with Crippen molar-refractivity contribution in [1.82, 2.24) is 5.32 Å². The van der Waals surface area contributed by atoms with Crippen LogP contribution >= 0.6 is 0 Å². The average molecular weight is 360 g/mol. The van der Waals surface area contributed by atoms with Crippen LogP contribution in [0.25, 0.3) is 10.8 Å². The summed E-state index contributed by atoms with van der Waals surface area (Å²) in [7, 11) is 0. The Morgan fingerprint density at radius 2 is 1.52 bits per heavy atom. The van der Waals surface area contributed by atoms with E-state index >= 15 is 0 Å². The van der Waals surface area contributed by atoms with Gasteiger partial charge in [0.2, 0.25) is 0 Å². The molecule has 2 nitrogen and oxygen atoms in total. The average Bonchev–Trinajstić information content (AvgIpc) is 2.72. The molecule has 3 aromatic rings. The number of hydrogen-bond acceptors (Lipinski definition) is 2. The molecule has 0 saturated heterocycles. The SMILES string of the molecule is OC1(C(CNCc2ccccc2)c2cccc3ccccc23)CCCCC1. The molecular formula is C25H29NO. The highest BCUT2D eigenvalue weighted by Gasteiger charge is 2.39. The van der Waals surface area contributed by atoms with Crippen molar-refractivity contribution in [2.75, 3.05) is 6.54 Å². The van der Waals surface area contributed by atoms with Gasteiger partial charge in [-0.15, -0.1) is 0 Å². The maximum absolute atomic E-state index is 11.6. The van der Waals surface area contributed by atoms with Gasteiger partial charge >= 0.3 is 0 Å². The fraction of sp³-hybridized carbons (Fsp3) is 0.360. The molecule has 0 aromatic heterocycles. The highest BCUT2D eigenvalue weighted by atomic mass is 16.3. The van der Waals surface area contributed by atoms with Gasteiger partial charge in [0.05, 0.1) is 5.60 Å². The molecule has 0 radical (unpaired) electrons. The van der Waals surface area contributed by atoms with Gasteiger partial charge in [0, 0.05) is 19.0 Å². The first-order valence-corrected chi connectivity index (χ1v) is 10.2. The zero-order chi connectivity index (χ0) is 18.5. The fourth-order valence-corrected chi connectivity index (χ4v) is 4.61. The smallest absolute Gasteiger partial charge is 0.0728 e. The molecule has 1 aliphatic rings. The summed E-state index contributed by atoms with van der Waals surface area (Å²) in [5.74, 6) is 0.104. The normalized spacial score (nSPS) is 17.7. The molecule has 0 heterocycles. The molecule has 2 N–H and O–H groups in total. The zero-order valence-corrected chi connectivity index (χ0v) is 15.9. The van der Waals surface area contributed by atoms with E-state index < -0.39 is 5.60 Å². The van der Waals surface area contributed by atoms with Crippen molar-refractivity contribution in [1.29, 1.82) is 0 Å². The molecule has 0 bridgehead atoms. The van der Waals surface area contributed by atoms with Crippen molar-refractivity contribution in [3.05, 3.63) is 83.9 Å². The molecule has 27 heavy (non-hydrogen) atoms. The van der Waals surface area contributed by atoms with Crippen LogP contribution in [0.2, 0.25) is 0 Å². The Balaban J connectivity index is 1.63. The number of hydrogen-bond donors (Lipinski definition) is 2. The summed E-state index contributed by atoms with van der Waals surface area (Å²) in [5, 5.41) is 17.7. The topological polar surface area (TPSA) is 32.3 Å². The van der Waals surface area contributed by atoms with Crippen LogP contribution in [-0.4, -0.2) is 17.3 Å². The molecule has 3 aromatic carbocycles. The quantitative estimate of drug-likeness (QED) is 0.617. The summed E-state index contributed by atoms with van der Waals surface area (Å²) in [4.78, 5) is 0. The van der Waals surface area contributed by atoms with E-state index in [1.165, 1.54) is 28.3 Å². The molecule has 140 valence electrons. The van der Waals surface area contributed by atoms with Crippen LogP contribution in [-0.2, 0) is 6.54 Å². The van der Waals surface area contributed by atoms with Crippen molar-refractivity contribution >= 4 is 10.8 Å². The maximum atomic E-state index is 11.6. The fourth-order valence-electron chi connectivity index (χ4n) is 4.61. The van der Waals surface area contributed by atoms with Gasteiger partial charge in [-0.3, -0.25) is 0 Å². The lowest BCUT2D eigenvalue weighted by atomic mass is 9.72. The summed E-state index contributed by atoms with van der Waals surface area (Å²) >= 11 is 0. The first-order valence-electron chi connectivity index (χ1n) is 10.2. The maximum Gasteiger partial charge on any atom is 0.0728 e. The molecule has 0 spiro atoms. The van der Waals surface area contributed by atoms with Crippen molar-refractivity contribution < 1.29 is 5.11 Å². The minimum absolute atomic E-state index is 0.104. The van der Waals surface area contributed by atoms with Crippen LogP contribution in [0.15, 0.2) is 72.8 Å². The summed E-state index contributed by atoms with van der Waals surface area (Å²) < 4.78 is 0. The third kappa shape index (κ3) is 4.07. The Kier molecular flexibility index (Phi) is 5.56. The molecule has 1 aliphatic carbocycles. The van der Waals surface area contributed by atoms with E-state index in [1.54, 1.807) is 0 Å². The molecule has 0 amide bonds. The van der Waals surface area contributed by atoms with Crippen molar-refractivity contribution in [2.24, 2.45) is 0 Å². The lowest BCUT2D eigenvalue weighted by Crippen LogP contribution is -2.43. The van der Waals surface area contributed by atoms with Crippen molar-refractivity contribution in [3.63, 3.8) is 0 Å². The van der Waals surface area contributed by atoms with E-state index in [0.717, 1.165) is 38.8 Å².